The van der Waals surface area contributed by atoms with Gasteiger partial charge in [-0.3, -0.25) is 0 Å². The molecule has 47 heavy (non-hydrogen) atoms. The number of allylic oxidation sites excluding steroid dienone is 2. The van der Waals surface area contributed by atoms with Crippen LogP contribution in [0.4, 0.5) is 8.78 Å². The number of likely N-dealkylation sites (tertiary alicyclic amines) is 1. The maximum absolute atomic E-state index is 13.7. The van der Waals surface area contributed by atoms with Crippen molar-refractivity contribution >= 4 is 11.9 Å². The van der Waals surface area contributed by atoms with Crippen LogP contribution in [0.25, 0.3) is 0 Å². The Bertz CT molecular complexity index is 1560. The number of dihydropyridines is 1. The minimum atomic E-state index is -3.02. The lowest BCUT2D eigenvalue weighted by molar-refractivity contribution is -0.140. The third-order valence-electron chi connectivity index (χ3n) is 9.11. The van der Waals surface area contributed by atoms with Crippen LogP contribution >= 0.6 is 0 Å². The van der Waals surface area contributed by atoms with Crippen LogP contribution in [0, 0.1) is 0 Å². The van der Waals surface area contributed by atoms with Crippen LogP contribution in [0.5, 0.6) is 5.75 Å². The number of halogens is 2. The van der Waals surface area contributed by atoms with E-state index in [0.717, 1.165) is 32.5 Å². The number of carbonyl (C=O) groups is 2. The zero-order valence-electron chi connectivity index (χ0n) is 27.1. The molecule has 1 fully saturated rings. The van der Waals surface area contributed by atoms with Crippen LogP contribution in [0.1, 0.15) is 62.6 Å². The molecular weight excluding hydrogens is 602 g/mol. The fourth-order valence-corrected chi connectivity index (χ4v) is 6.90. The lowest BCUT2D eigenvalue weighted by Crippen LogP contribution is -2.43. The lowest BCUT2D eigenvalue weighted by Gasteiger charge is -2.43. The summed E-state index contributed by atoms with van der Waals surface area (Å²) >= 11 is 0. The number of piperidine rings is 1. The first-order chi connectivity index (χ1) is 22.7. The number of esters is 2. The number of carbonyl (C=O) groups excluding carboxylic acids is 2. The van der Waals surface area contributed by atoms with Gasteiger partial charge in [0, 0.05) is 23.4 Å². The maximum Gasteiger partial charge on any atom is 0.387 e. The molecule has 248 valence electrons. The molecule has 3 aromatic carbocycles. The Morgan fingerprint density at radius 3 is 1.98 bits per heavy atom. The molecule has 0 amide bonds. The van der Waals surface area contributed by atoms with E-state index in [1.807, 2.05) is 0 Å². The summed E-state index contributed by atoms with van der Waals surface area (Å²) < 4.78 is 41.8. The van der Waals surface area contributed by atoms with Crippen molar-refractivity contribution in [2.75, 3.05) is 32.8 Å². The molecule has 1 saturated heterocycles. The third kappa shape index (κ3) is 7.73. The van der Waals surface area contributed by atoms with E-state index in [4.69, 9.17) is 9.47 Å². The predicted octanol–water partition coefficient (Wildman–Crippen LogP) is 7.10. The topological polar surface area (TPSA) is 77.1 Å². The zero-order valence-corrected chi connectivity index (χ0v) is 27.1. The molecule has 0 saturated carbocycles. The van der Waals surface area contributed by atoms with Gasteiger partial charge in [0.25, 0.3) is 0 Å². The van der Waals surface area contributed by atoms with E-state index in [1.54, 1.807) is 32.9 Å². The largest absolute Gasteiger partial charge is 0.463 e. The van der Waals surface area contributed by atoms with Gasteiger partial charge < -0.3 is 24.4 Å². The van der Waals surface area contributed by atoms with Gasteiger partial charge in [-0.15, -0.1) is 0 Å². The molecule has 2 aliphatic rings. The average molecular weight is 645 g/mol. The van der Waals surface area contributed by atoms with Crippen LogP contribution < -0.4 is 10.1 Å². The third-order valence-corrected chi connectivity index (χ3v) is 9.11. The summed E-state index contributed by atoms with van der Waals surface area (Å²) in [5.41, 5.74) is 4.52. The Hall–Kier alpha value is -4.50. The van der Waals surface area contributed by atoms with E-state index < -0.39 is 24.5 Å². The van der Waals surface area contributed by atoms with Gasteiger partial charge in [0.1, 0.15) is 5.75 Å². The van der Waals surface area contributed by atoms with Gasteiger partial charge >= 0.3 is 18.6 Å². The van der Waals surface area contributed by atoms with Gasteiger partial charge in [-0.2, -0.15) is 8.78 Å². The predicted molar refractivity (Wildman–Crippen MR) is 176 cm³/mol. The van der Waals surface area contributed by atoms with Crippen molar-refractivity contribution in [1.29, 1.82) is 0 Å². The molecule has 0 bridgehead atoms. The number of ether oxygens (including phenoxy) is 3. The van der Waals surface area contributed by atoms with Crippen molar-refractivity contribution in [3.63, 3.8) is 0 Å². The van der Waals surface area contributed by atoms with E-state index in [9.17, 15) is 18.4 Å². The van der Waals surface area contributed by atoms with Crippen LogP contribution in [-0.4, -0.2) is 56.3 Å². The van der Waals surface area contributed by atoms with Gasteiger partial charge in [-0.1, -0.05) is 72.8 Å². The molecule has 3 aromatic rings. The summed E-state index contributed by atoms with van der Waals surface area (Å²) in [4.78, 5) is 29.2. The van der Waals surface area contributed by atoms with Crippen molar-refractivity contribution in [2.45, 2.75) is 58.0 Å². The number of hydrogen-bond donors (Lipinski definition) is 1. The summed E-state index contributed by atoms with van der Waals surface area (Å²) in [6.45, 7) is 5.04. The number of nitrogens with zero attached hydrogens (tertiary/aromatic N) is 1. The second kappa shape index (κ2) is 15.4. The average Bonchev–Trinajstić information content (AvgIpc) is 3.07. The van der Waals surface area contributed by atoms with Crippen LogP contribution in [0.2, 0.25) is 0 Å². The molecule has 2 aliphatic heterocycles. The highest BCUT2D eigenvalue weighted by Gasteiger charge is 2.39. The van der Waals surface area contributed by atoms with Crippen molar-refractivity contribution < 1.29 is 32.6 Å². The summed E-state index contributed by atoms with van der Waals surface area (Å²) in [6.07, 6.45) is 2.60. The highest BCUT2D eigenvalue weighted by molar-refractivity contribution is 5.99. The van der Waals surface area contributed by atoms with E-state index in [0.29, 0.717) is 23.4 Å². The van der Waals surface area contributed by atoms with Gasteiger partial charge in [0.15, 0.2) is 0 Å². The summed E-state index contributed by atoms with van der Waals surface area (Å²) in [7, 11) is 0. The van der Waals surface area contributed by atoms with Crippen molar-refractivity contribution in [3.05, 3.63) is 124 Å². The van der Waals surface area contributed by atoms with Gasteiger partial charge in [-0.25, -0.2) is 9.59 Å². The quantitative estimate of drug-likeness (QED) is 0.167. The first-order valence-electron chi connectivity index (χ1n) is 16.1. The number of benzene rings is 3. The second-order valence-electron chi connectivity index (χ2n) is 12.0. The molecule has 9 heteroatoms. The summed E-state index contributed by atoms with van der Waals surface area (Å²) in [5.74, 6) is -2.16. The Kier molecular flexibility index (Phi) is 11.1. The van der Waals surface area contributed by atoms with Crippen molar-refractivity contribution in [3.8, 4) is 5.75 Å². The highest BCUT2D eigenvalue weighted by Crippen LogP contribution is 2.42. The summed E-state index contributed by atoms with van der Waals surface area (Å²) in [6, 6.07) is 27.4. The first kappa shape index (κ1) is 33.9. The molecular formula is C38H42F2N2O5. The molecule has 0 spiro atoms. The Labute approximate surface area is 275 Å². The van der Waals surface area contributed by atoms with Gasteiger partial charge in [-0.05, 0) is 81.9 Å². The molecule has 7 nitrogen and oxygen atoms in total. The first-order valence-corrected chi connectivity index (χ1v) is 16.1. The Morgan fingerprint density at radius 1 is 0.851 bits per heavy atom. The lowest BCUT2D eigenvalue weighted by atomic mass is 9.68. The zero-order chi connectivity index (χ0) is 33.4. The van der Waals surface area contributed by atoms with Crippen molar-refractivity contribution in [2.24, 2.45) is 0 Å². The van der Waals surface area contributed by atoms with Crippen LogP contribution in [-0.2, 0) is 24.5 Å². The molecule has 1 N–H and O–H groups in total. The van der Waals surface area contributed by atoms with E-state index >= 15 is 0 Å². The van der Waals surface area contributed by atoms with Crippen LogP contribution in [0.15, 0.2) is 107 Å². The minimum Gasteiger partial charge on any atom is -0.463 e. The van der Waals surface area contributed by atoms with E-state index in [-0.39, 0.29) is 35.5 Å². The number of alkyl halides is 2. The molecule has 1 atom stereocenters. The maximum atomic E-state index is 13.7. The van der Waals surface area contributed by atoms with E-state index in [1.165, 1.54) is 23.3 Å². The second-order valence-corrected chi connectivity index (χ2v) is 12.0. The fraction of sp³-hybridized carbons (Fsp3) is 0.368. The Morgan fingerprint density at radius 2 is 1.43 bits per heavy atom. The molecule has 5 rings (SSSR count). The number of nitrogens with one attached hydrogen (secondary N) is 1. The molecule has 1 unspecified atom stereocenters. The van der Waals surface area contributed by atoms with Crippen LogP contribution in [0.3, 0.4) is 0 Å². The minimum absolute atomic E-state index is 0.0432. The standard InChI is InChI=1S/C38H42F2N2O5/c1-4-45-35(43)32-26(2)41-27(3)33(34(32)28-13-11-18-31(25-28)47-37(39)40)36(44)46-24-12-21-42-22-19-38(20-23-42,29-14-7-5-8-15-29)30-16-9-6-10-17-30/h5-11,13-18,25,34,37,41H,4,12,19-24H2,1-3H3. The van der Waals surface area contributed by atoms with Gasteiger partial charge in [0.2, 0.25) is 0 Å². The number of rotatable bonds is 12. The molecule has 0 radical (unpaired) electrons. The van der Waals surface area contributed by atoms with Crippen molar-refractivity contribution in [1.82, 2.24) is 10.2 Å². The Balaban J connectivity index is 1.26. The van der Waals surface area contributed by atoms with E-state index in [2.05, 4.69) is 75.6 Å². The molecule has 2 heterocycles. The van der Waals surface area contributed by atoms with Gasteiger partial charge in [0.05, 0.1) is 30.3 Å². The fourth-order valence-electron chi connectivity index (χ4n) is 6.90. The monoisotopic (exact) mass is 644 g/mol. The normalized spacial score (nSPS) is 18.1. The summed E-state index contributed by atoms with van der Waals surface area (Å²) in [5, 5.41) is 3.12. The smallest absolute Gasteiger partial charge is 0.387 e. The number of hydrogen-bond acceptors (Lipinski definition) is 7. The molecule has 0 aliphatic carbocycles. The molecule has 0 aromatic heterocycles. The SMILES string of the molecule is CCOC(=O)C1=C(C)NC(C)=C(C(=O)OCCCN2CCC(c3ccccc3)(c3ccccc3)CC2)C1c1cccc(OC(F)F)c1. The highest BCUT2D eigenvalue weighted by atomic mass is 19.3.